The number of hydrogen-bond donors (Lipinski definition) is 2. The van der Waals surface area contributed by atoms with Crippen LogP contribution in [0.2, 0.25) is 0 Å². The summed E-state index contributed by atoms with van der Waals surface area (Å²) < 4.78 is 51.6. The standard InChI is InChI=1S/C24H32ClFN3O8P/c1-14(2)34-21(31)15(3)12-38(33,37-17-8-6-5-7-9-17)36-16(4)19-20(30)24(25,13-26)22(35-19)29-11-10-18(27)28-23(29)32/h5-11,14-16,19-20,22,30H,12-13H2,1-4H3,(H2,27,28,32)/t15-,16-,19-,20+,22-,24?,38?/m1/s1. The largest absolute Gasteiger partial charge is 0.463 e. The van der Waals surface area contributed by atoms with Crippen molar-refractivity contribution in [1.29, 1.82) is 0 Å². The fourth-order valence-corrected chi connectivity index (χ4v) is 6.36. The number of carbonyl (C=O) groups excluding carboxylic acids is 1. The number of esters is 1. The molecular weight excluding hydrogens is 544 g/mol. The number of rotatable bonds is 11. The summed E-state index contributed by atoms with van der Waals surface area (Å²) in [6.45, 7) is 5.03. The van der Waals surface area contributed by atoms with Crippen LogP contribution in [0.15, 0.2) is 47.4 Å². The van der Waals surface area contributed by atoms with Gasteiger partial charge in [0.05, 0.1) is 24.3 Å². The maximum Gasteiger partial charge on any atom is 0.380 e. The topological polar surface area (TPSA) is 152 Å². The van der Waals surface area contributed by atoms with Crippen LogP contribution in [0.1, 0.15) is 33.9 Å². The van der Waals surface area contributed by atoms with Gasteiger partial charge in [-0.3, -0.25) is 13.9 Å². The molecule has 38 heavy (non-hydrogen) atoms. The van der Waals surface area contributed by atoms with Gasteiger partial charge < -0.3 is 24.8 Å². The van der Waals surface area contributed by atoms with Crippen molar-refractivity contribution in [3.8, 4) is 5.75 Å². The molecule has 210 valence electrons. The molecule has 0 bridgehead atoms. The van der Waals surface area contributed by atoms with Gasteiger partial charge in [0.1, 0.15) is 35.3 Å². The molecule has 1 fully saturated rings. The van der Waals surface area contributed by atoms with Crippen molar-refractivity contribution >= 4 is 31.0 Å². The van der Waals surface area contributed by atoms with E-state index in [1.54, 1.807) is 44.2 Å². The molecule has 0 amide bonds. The zero-order valence-electron chi connectivity index (χ0n) is 21.4. The molecule has 1 saturated heterocycles. The SMILES string of the molecule is CC(C)OC(=O)[C@H](C)CP(=O)(Oc1ccccc1)O[C@H](C)[C@H]1O[C@@H](n2ccc(N)nc2=O)C(Cl)(CF)[C@H]1O. The molecule has 2 aromatic rings. The molecular formula is C24H32ClFN3O8P. The average molecular weight is 576 g/mol. The molecule has 3 N–H and O–H groups in total. The Hall–Kier alpha value is -2.50. The lowest BCUT2D eigenvalue weighted by Gasteiger charge is -2.29. The number of para-hydroxylation sites is 1. The van der Waals surface area contributed by atoms with Gasteiger partial charge in [0.15, 0.2) is 6.23 Å². The van der Waals surface area contributed by atoms with Crippen molar-refractivity contribution in [2.24, 2.45) is 5.92 Å². The molecule has 1 aromatic carbocycles. The van der Waals surface area contributed by atoms with Crippen LogP contribution in [0, 0.1) is 5.92 Å². The number of halogens is 2. The smallest absolute Gasteiger partial charge is 0.380 e. The molecule has 1 aliphatic heterocycles. The van der Waals surface area contributed by atoms with E-state index < -0.39 is 61.3 Å². The Morgan fingerprint density at radius 1 is 1.29 bits per heavy atom. The number of alkyl halides is 2. The fraction of sp³-hybridized carbons (Fsp3) is 0.542. The van der Waals surface area contributed by atoms with Crippen LogP contribution in [0.5, 0.6) is 5.75 Å². The Kier molecular flexibility index (Phi) is 9.59. The summed E-state index contributed by atoms with van der Waals surface area (Å²) >= 11 is 6.45. The van der Waals surface area contributed by atoms with Crippen LogP contribution in [-0.4, -0.2) is 62.8 Å². The summed E-state index contributed by atoms with van der Waals surface area (Å²) in [7, 11) is -4.11. The van der Waals surface area contributed by atoms with Gasteiger partial charge in [-0.2, -0.15) is 4.98 Å². The van der Waals surface area contributed by atoms with Crippen molar-refractivity contribution in [2.75, 3.05) is 18.6 Å². The summed E-state index contributed by atoms with van der Waals surface area (Å²) in [6.07, 6.45) is -5.26. The second kappa shape index (κ2) is 12.1. The number of ether oxygens (including phenoxy) is 2. The predicted molar refractivity (Wildman–Crippen MR) is 138 cm³/mol. The van der Waals surface area contributed by atoms with Crippen LogP contribution >= 0.6 is 19.2 Å². The zero-order chi connectivity index (χ0) is 28.3. The highest BCUT2D eigenvalue weighted by Gasteiger charge is 2.59. The van der Waals surface area contributed by atoms with Crippen LogP contribution in [0.25, 0.3) is 0 Å². The van der Waals surface area contributed by atoms with Gasteiger partial charge in [-0.25, -0.2) is 13.8 Å². The number of carbonyl (C=O) groups is 1. The summed E-state index contributed by atoms with van der Waals surface area (Å²) in [4.78, 5) is 26.3. The second-order valence-electron chi connectivity index (χ2n) is 9.40. The minimum Gasteiger partial charge on any atom is -0.463 e. The number of aliphatic hydroxyl groups excluding tert-OH is 1. The Balaban J connectivity index is 1.88. The third-order valence-corrected chi connectivity index (χ3v) is 8.49. The van der Waals surface area contributed by atoms with Crippen molar-refractivity contribution in [1.82, 2.24) is 9.55 Å². The van der Waals surface area contributed by atoms with Gasteiger partial charge in [-0.1, -0.05) is 25.1 Å². The van der Waals surface area contributed by atoms with Gasteiger partial charge in [0, 0.05) is 6.20 Å². The van der Waals surface area contributed by atoms with Gasteiger partial charge in [-0.05, 0) is 39.0 Å². The summed E-state index contributed by atoms with van der Waals surface area (Å²) in [5, 5.41) is 11.0. The second-order valence-corrected chi connectivity index (χ2v) is 12.1. The van der Waals surface area contributed by atoms with E-state index in [9.17, 15) is 23.7 Å². The van der Waals surface area contributed by atoms with Crippen LogP contribution in [-0.2, 0) is 23.4 Å². The highest BCUT2D eigenvalue weighted by Crippen LogP contribution is 2.53. The van der Waals surface area contributed by atoms with E-state index in [4.69, 9.17) is 35.9 Å². The number of aliphatic hydroxyl groups is 1. The highest BCUT2D eigenvalue weighted by atomic mass is 35.5. The number of anilines is 1. The van der Waals surface area contributed by atoms with Gasteiger partial charge >= 0.3 is 19.3 Å². The summed E-state index contributed by atoms with van der Waals surface area (Å²) in [5.74, 6) is -1.33. The third kappa shape index (κ3) is 6.73. The zero-order valence-corrected chi connectivity index (χ0v) is 23.0. The first kappa shape index (κ1) is 30.0. The molecule has 0 saturated carbocycles. The van der Waals surface area contributed by atoms with E-state index in [2.05, 4.69) is 4.98 Å². The molecule has 0 aliphatic carbocycles. The Bertz CT molecular complexity index is 1220. The van der Waals surface area contributed by atoms with E-state index in [-0.39, 0.29) is 23.8 Å². The lowest BCUT2D eigenvalue weighted by molar-refractivity contribution is -0.151. The Morgan fingerprint density at radius 2 is 1.95 bits per heavy atom. The molecule has 0 spiro atoms. The first-order chi connectivity index (χ1) is 17.8. The lowest BCUT2D eigenvalue weighted by Crippen LogP contribution is -2.47. The molecule has 1 aliphatic rings. The Labute approximate surface area is 224 Å². The van der Waals surface area contributed by atoms with Crippen molar-refractivity contribution < 1.29 is 37.4 Å². The minimum absolute atomic E-state index is 0.0671. The minimum atomic E-state index is -4.11. The summed E-state index contributed by atoms with van der Waals surface area (Å²) in [6, 6.07) is 9.46. The van der Waals surface area contributed by atoms with Crippen molar-refractivity contribution in [3.05, 3.63) is 53.1 Å². The molecule has 0 radical (unpaired) electrons. The highest BCUT2D eigenvalue weighted by molar-refractivity contribution is 7.54. The molecule has 7 atom stereocenters. The van der Waals surface area contributed by atoms with Crippen molar-refractivity contribution in [2.45, 2.75) is 63.2 Å². The van der Waals surface area contributed by atoms with Gasteiger partial charge in [0.25, 0.3) is 0 Å². The van der Waals surface area contributed by atoms with E-state index in [1.807, 2.05) is 0 Å². The van der Waals surface area contributed by atoms with E-state index in [0.717, 1.165) is 4.57 Å². The number of nitrogens with zero attached hydrogens (tertiary/aromatic N) is 2. The average Bonchev–Trinajstić information content (AvgIpc) is 3.10. The third-order valence-electron chi connectivity index (χ3n) is 5.84. The normalized spacial score (nSPS) is 26.5. The van der Waals surface area contributed by atoms with E-state index in [0.29, 0.717) is 0 Å². The predicted octanol–water partition coefficient (Wildman–Crippen LogP) is 3.30. The number of hydrogen-bond acceptors (Lipinski definition) is 10. The maximum absolute atomic E-state index is 14.2. The maximum atomic E-state index is 14.2. The molecule has 3 rings (SSSR count). The monoisotopic (exact) mass is 575 g/mol. The molecule has 2 heterocycles. The van der Waals surface area contributed by atoms with E-state index >= 15 is 0 Å². The van der Waals surface area contributed by atoms with Crippen molar-refractivity contribution in [3.63, 3.8) is 0 Å². The first-order valence-electron chi connectivity index (χ1n) is 12.0. The first-order valence-corrected chi connectivity index (χ1v) is 14.1. The molecule has 1 aromatic heterocycles. The van der Waals surface area contributed by atoms with Crippen LogP contribution in [0.4, 0.5) is 10.2 Å². The number of nitrogen functional groups attached to an aromatic ring is 1. The van der Waals surface area contributed by atoms with E-state index in [1.165, 1.54) is 26.1 Å². The molecule has 11 nitrogen and oxygen atoms in total. The van der Waals surface area contributed by atoms with Crippen LogP contribution < -0.4 is 15.9 Å². The number of nitrogens with two attached hydrogens (primary N) is 1. The fourth-order valence-electron chi connectivity index (χ4n) is 3.98. The number of aromatic nitrogens is 2. The Morgan fingerprint density at radius 3 is 2.53 bits per heavy atom. The quantitative estimate of drug-likeness (QED) is 0.232. The summed E-state index contributed by atoms with van der Waals surface area (Å²) in [5.41, 5.74) is 4.66. The molecule has 2 unspecified atom stereocenters. The van der Waals surface area contributed by atoms with Crippen LogP contribution in [0.3, 0.4) is 0 Å². The van der Waals surface area contributed by atoms with Gasteiger partial charge in [-0.15, -0.1) is 11.6 Å². The van der Waals surface area contributed by atoms with Gasteiger partial charge in [0.2, 0.25) is 0 Å². The lowest BCUT2D eigenvalue weighted by atomic mass is 9.97. The molecule has 14 heteroatoms. The number of benzene rings is 1.